The fraction of sp³-hybridized carbons (Fsp3) is 0.118. The highest BCUT2D eigenvalue weighted by Crippen LogP contribution is 2.27. The van der Waals surface area contributed by atoms with Crippen molar-refractivity contribution in [1.82, 2.24) is 0 Å². The van der Waals surface area contributed by atoms with Crippen LogP contribution in [-0.4, -0.2) is 19.9 Å². The van der Waals surface area contributed by atoms with Gasteiger partial charge < -0.3 is 14.6 Å². The molecule has 0 radical (unpaired) electrons. The number of rotatable bonds is 5. The minimum Gasteiger partial charge on any atom is -0.617 e. The Balaban J connectivity index is 2.25. The monoisotopic (exact) mass is 331 g/mol. The van der Waals surface area contributed by atoms with E-state index in [1.165, 1.54) is 13.2 Å². The molecule has 1 aliphatic carbocycles. The second-order valence-electron chi connectivity index (χ2n) is 4.48. The molecule has 0 fully saturated rings. The lowest BCUT2D eigenvalue weighted by Crippen LogP contribution is -2.06. The summed E-state index contributed by atoms with van der Waals surface area (Å²) in [5.74, 6) is 0.199. The molecule has 0 saturated carbocycles. The van der Waals surface area contributed by atoms with Gasteiger partial charge in [-0.25, -0.2) is 0 Å². The maximum Gasteiger partial charge on any atom is 0.143 e. The van der Waals surface area contributed by atoms with Crippen molar-refractivity contribution >= 4 is 23.0 Å². The first-order valence-corrected chi connectivity index (χ1v) is 7.17. The largest absolute Gasteiger partial charge is 0.617 e. The molecule has 0 spiro atoms. The average Bonchev–Trinajstić information content (AvgIpc) is 2.58. The van der Waals surface area contributed by atoms with Crippen molar-refractivity contribution in [2.24, 2.45) is 5.10 Å². The van der Waals surface area contributed by atoms with Gasteiger partial charge in [-0.05, 0) is 37.5 Å². The Morgan fingerprint density at radius 1 is 1.26 bits per heavy atom. The summed E-state index contributed by atoms with van der Waals surface area (Å²) >= 11 is 5.99. The second kappa shape index (κ2) is 8.10. The molecule has 0 bridgehead atoms. The quantitative estimate of drug-likeness (QED) is 0.665. The molecule has 1 aromatic carbocycles. The van der Waals surface area contributed by atoms with Crippen LogP contribution in [0.15, 0.2) is 71.3 Å². The Hall–Kier alpha value is -2.66. The number of allylic oxidation sites excluding steroid dienone is 7. The SMILES string of the molecule is COC([O-])=CC=C1C=CC=CC1=NNc1cc(Cl)ccc1OC. The van der Waals surface area contributed by atoms with Gasteiger partial charge in [0.25, 0.3) is 0 Å². The lowest BCUT2D eigenvalue weighted by Gasteiger charge is -2.11. The molecule has 0 unspecified atom stereocenters. The van der Waals surface area contributed by atoms with Crippen LogP contribution in [0.5, 0.6) is 5.75 Å². The van der Waals surface area contributed by atoms with E-state index in [0.717, 1.165) is 5.57 Å². The van der Waals surface area contributed by atoms with E-state index in [0.29, 0.717) is 22.2 Å². The number of anilines is 1. The van der Waals surface area contributed by atoms with Gasteiger partial charge in [0.1, 0.15) is 5.75 Å². The van der Waals surface area contributed by atoms with Gasteiger partial charge >= 0.3 is 0 Å². The molecule has 2 rings (SSSR count). The van der Waals surface area contributed by atoms with E-state index in [4.69, 9.17) is 16.3 Å². The van der Waals surface area contributed by atoms with E-state index in [9.17, 15) is 5.11 Å². The molecule has 0 amide bonds. The highest BCUT2D eigenvalue weighted by Gasteiger charge is 2.06. The average molecular weight is 332 g/mol. The third-order valence-corrected chi connectivity index (χ3v) is 3.23. The molecule has 1 aromatic rings. The summed E-state index contributed by atoms with van der Waals surface area (Å²) in [4.78, 5) is 0. The Morgan fingerprint density at radius 2 is 2.04 bits per heavy atom. The Labute approximate surface area is 139 Å². The number of halogens is 1. The van der Waals surface area contributed by atoms with E-state index < -0.39 is 5.95 Å². The third kappa shape index (κ3) is 4.66. The number of methoxy groups -OCH3 is 2. The van der Waals surface area contributed by atoms with E-state index in [1.54, 1.807) is 31.4 Å². The number of hydrazone groups is 1. The van der Waals surface area contributed by atoms with E-state index >= 15 is 0 Å². The highest BCUT2D eigenvalue weighted by atomic mass is 35.5. The van der Waals surface area contributed by atoms with Gasteiger partial charge in [0.15, 0.2) is 0 Å². The first-order valence-electron chi connectivity index (χ1n) is 6.79. The maximum atomic E-state index is 11.2. The molecule has 120 valence electrons. The van der Waals surface area contributed by atoms with E-state index in [-0.39, 0.29) is 0 Å². The lowest BCUT2D eigenvalue weighted by molar-refractivity contribution is -0.353. The van der Waals surface area contributed by atoms with Crippen LogP contribution in [0.3, 0.4) is 0 Å². The molecule has 0 atom stereocenters. The maximum absolute atomic E-state index is 11.2. The Bertz CT molecular complexity index is 719. The van der Waals surface area contributed by atoms with Crippen molar-refractivity contribution in [2.75, 3.05) is 19.6 Å². The van der Waals surface area contributed by atoms with Crippen LogP contribution < -0.4 is 15.3 Å². The molecule has 1 aliphatic rings. The molecule has 23 heavy (non-hydrogen) atoms. The predicted octanol–water partition coefficient (Wildman–Crippen LogP) is 3.02. The van der Waals surface area contributed by atoms with Crippen molar-refractivity contribution in [2.45, 2.75) is 0 Å². The van der Waals surface area contributed by atoms with Gasteiger partial charge in [-0.15, -0.1) is 0 Å². The van der Waals surface area contributed by atoms with Crippen LogP contribution in [0.1, 0.15) is 0 Å². The second-order valence-corrected chi connectivity index (χ2v) is 4.92. The van der Waals surface area contributed by atoms with Crippen molar-refractivity contribution in [3.8, 4) is 5.75 Å². The number of hydrogen-bond donors (Lipinski definition) is 1. The van der Waals surface area contributed by atoms with Gasteiger partial charge in [0.05, 0.1) is 24.5 Å². The molecule has 0 saturated heterocycles. The highest BCUT2D eigenvalue weighted by molar-refractivity contribution is 6.31. The molecule has 5 nitrogen and oxygen atoms in total. The number of ether oxygens (including phenoxy) is 2. The number of hydrogen-bond acceptors (Lipinski definition) is 5. The smallest absolute Gasteiger partial charge is 0.143 e. The number of nitrogens with zero attached hydrogens (tertiary/aromatic N) is 1. The van der Waals surface area contributed by atoms with E-state index in [2.05, 4.69) is 15.3 Å². The Morgan fingerprint density at radius 3 is 2.78 bits per heavy atom. The standard InChI is InChI=1S/C17H17ClN2O3/c1-22-16-9-8-13(18)11-15(16)20-19-14-6-4-3-5-12(14)7-10-17(21)23-2/h3-11,20-21H,1-2H3/p-1. The summed E-state index contributed by atoms with van der Waals surface area (Å²) < 4.78 is 9.84. The van der Waals surface area contributed by atoms with Crippen LogP contribution in [0, 0.1) is 0 Å². The van der Waals surface area contributed by atoms with Crippen LogP contribution in [0.25, 0.3) is 0 Å². The van der Waals surface area contributed by atoms with Gasteiger partial charge in [0.2, 0.25) is 0 Å². The molecule has 0 heterocycles. The van der Waals surface area contributed by atoms with Crippen LogP contribution in [0.4, 0.5) is 5.69 Å². The zero-order valence-electron chi connectivity index (χ0n) is 12.7. The first-order chi connectivity index (χ1) is 11.1. The van der Waals surface area contributed by atoms with Crippen molar-refractivity contribution < 1.29 is 14.6 Å². The molecular formula is C17H16ClN2O3-. The van der Waals surface area contributed by atoms with Crippen LogP contribution >= 0.6 is 11.6 Å². The summed E-state index contributed by atoms with van der Waals surface area (Å²) in [6, 6.07) is 5.21. The van der Waals surface area contributed by atoms with Gasteiger partial charge in [-0.2, -0.15) is 5.10 Å². The fourth-order valence-corrected chi connectivity index (χ4v) is 2.02. The van der Waals surface area contributed by atoms with Crippen molar-refractivity contribution in [3.05, 3.63) is 71.2 Å². The summed E-state index contributed by atoms with van der Waals surface area (Å²) in [5.41, 5.74) is 5.01. The molecule has 0 aliphatic heterocycles. The zero-order chi connectivity index (χ0) is 16.7. The van der Waals surface area contributed by atoms with Gasteiger partial charge in [-0.3, -0.25) is 5.43 Å². The predicted molar refractivity (Wildman–Crippen MR) is 90.5 cm³/mol. The normalized spacial score (nSPS) is 17.6. The van der Waals surface area contributed by atoms with Crippen LogP contribution in [0.2, 0.25) is 5.02 Å². The van der Waals surface area contributed by atoms with Crippen molar-refractivity contribution in [3.63, 3.8) is 0 Å². The van der Waals surface area contributed by atoms with E-state index in [1.807, 2.05) is 24.3 Å². The van der Waals surface area contributed by atoms with Gasteiger partial charge in [-0.1, -0.05) is 35.9 Å². The minimum atomic E-state index is -0.427. The lowest BCUT2D eigenvalue weighted by atomic mass is 10.1. The first kappa shape index (κ1) is 16.7. The fourth-order valence-electron chi connectivity index (χ4n) is 1.84. The topological polar surface area (TPSA) is 65.9 Å². The van der Waals surface area contributed by atoms with Gasteiger partial charge in [0, 0.05) is 10.6 Å². The summed E-state index contributed by atoms with van der Waals surface area (Å²) in [6.45, 7) is 0. The summed E-state index contributed by atoms with van der Waals surface area (Å²) in [7, 11) is 2.90. The Kier molecular flexibility index (Phi) is 5.88. The molecule has 6 heteroatoms. The molecule has 0 aromatic heterocycles. The number of benzene rings is 1. The molecular weight excluding hydrogens is 316 g/mol. The molecule has 1 N–H and O–H groups in total. The third-order valence-electron chi connectivity index (χ3n) is 3.00. The summed E-state index contributed by atoms with van der Waals surface area (Å²) in [6.07, 6.45) is 10.4. The number of nitrogens with one attached hydrogen (secondary N) is 1. The minimum absolute atomic E-state index is 0.427. The van der Waals surface area contributed by atoms with Crippen LogP contribution in [-0.2, 0) is 4.74 Å². The zero-order valence-corrected chi connectivity index (χ0v) is 13.5. The summed E-state index contributed by atoms with van der Waals surface area (Å²) in [5, 5.41) is 16.1. The van der Waals surface area contributed by atoms with Crippen molar-refractivity contribution in [1.29, 1.82) is 0 Å².